The van der Waals surface area contributed by atoms with Crippen molar-refractivity contribution in [3.8, 4) is 0 Å². The lowest BCUT2D eigenvalue weighted by Crippen LogP contribution is -1.97. The van der Waals surface area contributed by atoms with Gasteiger partial charge in [-0.25, -0.2) is 8.78 Å². The van der Waals surface area contributed by atoms with Gasteiger partial charge in [-0.05, 0) is 12.1 Å². The molecule has 0 unspecified atom stereocenters. The third-order valence-electron chi connectivity index (χ3n) is 1.52. The minimum atomic E-state index is -0.994. The number of halogens is 2. The van der Waals surface area contributed by atoms with Crippen molar-refractivity contribution in [2.24, 2.45) is 0 Å². The first-order chi connectivity index (χ1) is 5.68. The van der Waals surface area contributed by atoms with Crippen molar-refractivity contribution in [3.63, 3.8) is 0 Å². The number of fused-ring (bicyclic) bond motifs is 1. The molecule has 0 saturated heterocycles. The Morgan fingerprint density at radius 2 is 1.92 bits per heavy atom. The number of rotatable bonds is 0. The van der Waals surface area contributed by atoms with Gasteiger partial charge in [0, 0.05) is 0 Å². The summed E-state index contributed by atoms with van der Waals surface area (Å²) in [5, 5.41) is 0.193. The molecule has 0 spiro atoms. The Kier molecular flexibility index (Phi) is 1.47. The highest BCUT2D eigenvalue weighted by molar-refractivity contribution is 7.13. The second-order valence-corrected chi connectivity index (χ2v) is 3.14. The number of H-pyrrole nitrogens is 1. The molecule has 0 aliphatic heterocycles. The van der Waals surface area contributed by atoms with Gasteiger partial charge in [0.25, 0.3) is 5.56 Å². The lowest BCUT2D eigenvalue weighted by atomic mass is 10.2. The van der Waals surface area contributed by atoms with Crippen LogP contribution in [0.3, 0.4) is 0 Å². The number of hydrogen-bond donors (Lipinski definition) is 1. The molecule has 1 aromatic carbocycles. The zero-order valence-corrected chi connectivity index (χ0v) is 6.54. The van der Waals surface area contributed by atoms with E-state index in [0.717, 1.165) is 23.7 Å². The van der Waals surface area contributed by atoms with Crippen LogP contribution in [0.2, 0.25) is 0 Å². The SMILES string of the molecule is O=c1[nH]sc2cc(F)c(F)cc12. The molecule has 0 aliphatic rings. The molecular weight excluding hydrogens is 184 g/mol. The second-order valence-electron chi connectivity index (χ2n) is 2.30. The molecule has 1 aromatic heterocycles. The molecule has 0 amide bonds. The summed E-state index contributed by atoms with van der Waals surface area (Å²) in [5.74, 6) is -1.93. The topological polar surface area (TPSA) is 32.9 Å². The Bertz CT molecular complexity index is 488. The molecule has 2 aromatic rings. The summed E-state index contributed by atoms with van der Waals surface area (Å²) in [6, 6.07) is 1.91. The minimum absolute atomic E-state index is 0.193. The maximum absolute atomic E-state index is 12.6. The van der Waals surface area contributed by atoms with Gasteiger partial charge in [-0.3, -0.25) is 9.17 Å². The Morgan fingerprint density at radius 3 is 2.67 bits per heavy atom. The van der Waals surface area contributed by atoms with Crippen LogP contribution < -0.4 is 5.56 Å². The molecule has 5 heteroatoms. The highest BCUT2D eigenvalue weighted by Crippen LogP contribution is 2.17. The molecule has 2 nitrogen and oxygen atoms in total. The van der Waals surface area contributed by atoms with Gasteiger partial charge in [0.15, 0.2) is 11.6 Å². The summed E-state index contributed by atoms with van der Waals surface area (Å²) in [5.41, 5.74) is -0.381. The summed E-state index contributed by atoms with van der Waals surface area (Å²) in [7, 11) is 0. The first-order valence-electron chi connectivity index (χ1n) is 3.15. The Labute approximate surface area is 69.6 Å². The maximum atomic E-state index is 12.6. The lowest BCUT2D eigenvalue weighted by Gasteiger charge is -1.89. The van der Waals surface area contributed by atoms with Crippen LogP contribution in [-0.2, 0) is 0 Å². The largest absolute Gasteiger partial charge is 0.277 e. The Balaban J connectivity index is 2.97. The van der Waals surface area contributed by atoms with Crippen molar-refractivity contribution in [1.29, 1.82) is 0 Å². The monoisotopic (exact) mass is 187 g/mol. The fraction of sp³-hybridized carbons (Fsp3) is 0. The van der Waals surface area contributed by atoms with Crippen molar-refractivity contribution in [2.45, 2.75) is 0 Å². The van der Waals surface area contributed by atoms with Gasteiger partial charge in [-0.2, -0.15) is 0 Å². The highest BCUT2D eigenvalue weighted by atomic mass is 32.1. The van der Waals surface area contributed by atoms with Crippen molar-refractivity contribution in [1.82, 2.24) is 4.37 Å². The van der Waals surface area contributed by atoms with Crippen molar-refractivity contribution < 1.29 is 8.78 Å². The van der Waals surface area contributed by atoms with Crippen LogP contribution in [0.25, 0.3) is 10.1 Å². The van der Waals surface area contributed by atoms with Gasteiger partial charge in [-0.1, -0.05) is 11.5 Å². The van der Waals surface area contributed by atoms with Crippen LogP contribution in [0.1, 0.15) is 0 Å². The molecule has 2 rings (SSSR count). The predicted octanol–water partition coefficient (Wildman–Crippen LogP) is 1.87. The van der Waals surface area contributed by atoms with Gasteiger partial charge in [0.2, 0.25) is 0 Å². The van der Waals surface area contributed by atoms with Crippen LogP contribution >= 0.6 is 11.5 Å². The number of aromatic nitrogens is 1. The fourth-order valence-corrected chi connectivity index (χ4v) is 1.68. The van der Waals surface area contributed by atoms with Crippen molar-refractivity contribution in [3.05, 3.63) is 34.1 Å². The zero-order valence-electron chi connectivity index (χ0n) is 5.73. The normalized spacial score (nSPS) is 10.8. The zero-order chi connectivity index (χ0) is 8.72. The van der Waals surface area contributed by atoms with E-state index < -0.39 is 11.6 Å². The quantitative estimate of drug-likeness (QED) is 0.671. The molecule has 1 heterocycles. The number of nitrogens with one attached hydrogen (secondary N) is 1. The van der Waals surface area contributed by atoms with Crippen LogP contribution in [0, 0.1) is 11.6 Å². The first kappa shape index (κ1) is 7.42. The third kappa shape index (κ3) is 0.937. The number of hydrogen-bond acceptors (Lipinski definition) is 2. The molecule has 1 N–H and O–H groups in total. The van der Waals surface area contributed by atoms with Gasteiger partial charge in [0.1, 0.15) is 0 Å². The summed E-state index contributed by atoms with van der Waals surface area (Å²) >= 11 is 0.993. The van der Waals surface area contributed by atoms with E-state index in [1.54, 1.807) is 0 Å². The standard InChI is InChI=1S/C7H3F2NOS/c8-4-1-3-6(2-5(4)9)12-10-7(3)11/h1-2H,(H,10,11). The predicted molar refractivity (Wildman–Crippen MR) is 42.4 cm³/mol. The lowest BCUT2D eigenvalue weighted by molar-refractivity contribution is 0.511. The van der Waals surface area contributed by atoms with E-state index in [-0.39, 0.29) is 10.9 Å². The Morgan fingerprint density at radius 1 is 1.25 bits per heavy atom. The smallest absolute Gasteiger partial charge is 0.266 e. The van der Waals surface area contributed by atoms with E-state index in [1.165, 1.54) is 0 Å². The van der Waals surface area contributed by atoms with Gasteiger partial charge >= 0.3 is 0 Å². The van der Waals surface area contributed by atoms with Crippen LogP contribution in [0.4, 0.5) is 8.78 Å². The summed E-state index contributed by atoms with van der Waals surface area (Å²) in [6.45, 7) is 0. The van der Waals surface area contributed by atoms with E-state index >= 15 is 0 Å². The molecule has 0 radical (unpaired) electrons. The van der Waals surface area contributed by atoms with Gasteiger partial charge in [-0.15, -0.1) is 0 Å². The first-order valence-corrected chi connectivity index (χ1v) is 3.96. The molecule has 62 valence electrons. The summed E-state index contributed by atoms with van der Waals surface area (Å²) in [6.07, 6.45) is 0. The van der Waals surface area contributed by atoms with Crippen LogP contribution in [-0.4, -0.2) is 4.37 Å². The van der Waals surface area contributed by atoms with E-state index in [4.69, 9.17) is 0 Å². The summed E-state index contributed by atoms with van der Waals surface area (Å²) < 4.78 is 28.0. The number of benzene rings is 1. The maximum Gasteiger partial charge on any atom is 0.266 e. The van der Waals surface area contributed by atoms with E-state index in [0.29, 0.717) is 4.70 Å². The van der Waals surface area contributed by atoms with Crippen molar-refractivity contribution >= 4 is 21.6 Å². The Hall–Kier alpha value is -1.23. The molecule has 0 aliphatic carbocycles. The average molecular weight is 187 g/mol. The molecule has 0 fully saturated rings. The molecule has 0 saturated carbocycles. The van der Waals surface area contributed by atoms with E-state index in [9.17, 15) is 13.6 Å². The molecular formula is C7H3F2NOS. The average Bonchev–Trinajstić information content (AvgIpc) is 2.35. The van der Waals surface area contributed by atoms with Gasteiger partial charge in [0.05, 0.1) is 10.1 Å². The van der Waals surface area contributed by atoms with Gasteiger partial charge < -0.3 is 0 Å². The fourth-order valence-electron chi connectivity index (χ4n) is 0.947. The van der Waals surface area contributed by atoms with E-state index in [1.807, 2.05) is 0 Å². The molecule has 0 atom stereocenters. The van der Waals surface area contributed by atoms with Crippen molar-refractivity contribution in [2.75, 3.05) is 0 Å². The van der Waals surface area contributed by atoms with Crippen LogP contribution in [0.5, 0.6) is 0 Å². The summed E-state index contributed by atoms with van der Waals surface area (Å²) in [4.78, 5) is 10.9. The molecule has 12 heavy (non-hydrogen) atoms. The second kappa shape index (κ2) is 2.38. The van der Waals surface area contributed by atoms with E-state index in [2.05, 4.69) is 4.37 Å². The molecule has 0 bridgehead atoms. The third-order valence-corrected chi connectivity index (χ3v) is 2.37. The minimum Gasteiger partial charge on any atom is -0.277 e. The number of aromatic amines is 1. The van der Waals surface area contributed by atoms with Crippen LogP contribution in [0.15, 0.2) is 16.9 Å². The highest BCUT2D eigenvalue weighted by Gasteiger charge is 2.07.